The molecule has 2 rings (SSSR count). The monoisotopic (exact) mass is 237 g/mol. The number of likely N-dealkylation sites (tertiary alicyclic amines) is 1. The Morgan fingerprint density at radius 3 is 2.94 bits per heavy atom. The fourth-order valence-corrected chi connectivity index (χ4v) is 2.31. The van der Waals surface area contributed by atoms with Crippen molar-refractivity contribution in [3.05, 3.63) is 23.3 Å². The normalized spacial score (nSPS) is 16.6. The van der Waals surface area contributed by atoms with Crippen LogP contribution in [0.25, 0.3) is 0 Å². The third-order valence-corrected chi connectivity index (χ3v) is 3.30. The quantitative estimate of drug-likeness (QED) is 0.819. The van der Waals surface area contributed by atoms with Gasteiger partial charge >= 0.3 is 0 Å². The largest absolute Gasteiger partial charge is 0.375 e. The van der Waals surface area contributed by atoms with Gasteiger partial charge in [0.05, 0.1) is 0 Å². The summed E-state index contributed by atoms with van der Waals surface area (Å²) >= 11 is 1.42. The Balaban J connectivity index is 1.92. The van der Waals surface area contributed by atoms with E-state index in [2.05, 4.69) is 15.2 Å². The SMILES string of the molecule is CC(=CC(=O)Nc1nccs1)N1CCCC1. The summed E-state index contributed by atoms with van der Waals surface area (Å²) in [5.74, 6) is -0.0978. The zero-order chi connectivity index (χ0) is 11.4. The summed E-state index contributed by atoms with van der Waals surface area (Å²) in [6, 6.07) is 0. The van der Waals surface area contributed by atoms with Crippen LogP contribution in [0.5, 0.6) is 0 Å². The van der Waals surface area contributed by atoms with Crippen LogP contribution in [0.15, 0.2) is 23.3 Å². The molecule has 4 nitrogen and oxygen atoms in total. The molecular weight excluding hydrogens is 222 g/mol. The first-order valence-corrected chi connectivity index (χ1v) is 6.27. The molecule has 0 radical (unpaired) electrons. The lowest BCUT2D eigenvalue weighted by Gasteiger charge is -2.17. The molecule has 86 valence electrons. The molecule has 1 aliphatic heterocycles. The molecule has 1 N–H and O–H groups in total. The molecule has 0 aromatic carbocycles. The Bertz CT molecular complexity index is 380. The molecule has 1 aromatic heterocycles. The number of carbonyl (C=O) groups is 1. The van der Waals surface area contributed by atoms with Gasteiger partial charge in [0.1, 0.15) is 0 Å². The van der Waals surface area contributed by atoms with Crippen molar-refractivity contribution in [1.82, 2.24) is 9.88 Å². The van der Waals surface area contributed by atoms with Crippen LogP contribution >= 0.6 is 11.3 Å². The number of hydrogen-bond acceptors (Lipinski definition) is 4. The van der Waals surface area contributed by atoms with Gasteiger partial charge in [-0.2, -0.15) is 0 Å². The fraction of sp³-hybridized carbons (Fsp3) is 0.455. The van der Waals surface area contributed by atoms with Crippen LogP contribution in [0.1, 0.15) is 19.8 Å². The lowest BCUT2D eigenvalue weighted by atomic mass is 10.3. The molecule has 1 aliphatic rings. The Kier molecular flexibility index (Phi) is 3.56. The fourth-order valence-electron chi connectivity index (χ4n) is 1.78. The van der Waals surface area contributed by atoms with E-state index in [1.807, 2.05) is 12.3 Å². The Hall–Kier alpha value is -1.36. The molecule has 0 bridgehead atoms. The van der Waals surface area contributed by atoms with E-state index in [4.69, 9.17) is 0 Å². The van der Waals surface area contributed by atoms with Crippen LogP contribution < -0.4 is 5.32 Å². The number of carbonyl (C=O) groups excluding carboxylic acids is 1. The number of nitrogens with zero attached hydrogens (tertiary/aromatic N) is 2. The topological polar surface area (TPSA) is 45.2 Å². The molecule has 0 aliphatic carbocycles. The first kappa shape index (κ1) is 11.1. The van der Waals surface area contributed by atoms with Gasteiger partial charge in [-0.25, -0.2) is 4.98 Å². The lowest BCUT2D eigenvalue weighted by Crippen LogP contribution is -2.19. The molecule has 0 saturated carbocycles. The summed E-state index contributed by atoms with van der Waals surface area (Å²) < 4.78 is 0. The summed E-state index contributed by atoms with van der Waals surface area (Å²) in [7, 11) is 0. The number of hydrogen-bond donors (Lipinski definition) is 1. The number of rotatable bonds is 3. The number of allylic oxidation sites excluding steroid dienone is 1. The van der Waals surface area contributed by atoms with Crippen molar-refractivity contribution in [2.24, 2.45) is 0 Å². The van der Waals surface area contributed by atoms with Gasteiger partial charge in [-0.1, -0.05) is 0 Å². The van der Waals surface area contributed by atoms with Crippen molar-refractivity contribution in [3.8, 4) is 0 Å². The van der Waals surface area contributed by atoms with Crippen molar-refractivity contribution in [3.63, 3.8) is 0 Å². The molecule has 1 fully saturated rings. The van der Waals surface area contributed by atoms with Gasteiger partial charge in [0, 0.05) is 36.4 Å². The first-order valence-electron chi connectivity index (χ1n) is 5.39. The molecule has 0 unspecified atom stereocenters. The maximum atomic E-state index is 11.6. The van der Waals surface area contributed by atoms with Gasteiger partial charge in [0.15, 0.2) is 5.13 Å². The summed E-state index contributed by atoms with van der Waals surface area (Å²) in [4.78, 5) is 17.9. The maximum absolute atomic E-state index is 11.6. The molecule has 1 amide bonds. The maximum Gasteiger partial charge on any atom is 0.251 e. The minimum Gasteiger partial charge on any atom is -0.375 e. The summed E-state index contributed by atoms with van der Waals surface area (Å²) in [5, 5.41) is 5.23. The third-order valence-electron chi connectivity index (χ3n) is 2.61. The van der Waals surface area contributed by atoms with E-state index in [-0.39, 0.29) is 5.91 Å². The number of amides is 1. The molecule has 5 heteroatoms. The van der Waals surface area contributed by atoms with E-state index >= 15 is 0 Å². The van der Waals surface area contributed by atoms with Crippen molar-refractivity contribution >= 4 is 22.4 Å². The predicted octanol–water partition coefficient (Wildman–Crippen LogP) is 2.08. The molecule has 0 spiro atoms. The highest BCUT2D eigenvalue weighted by Gasteiger charge is 2.12. The number of anilines is 1. The number of nitrogens with one attached hydrogen (secondary N) is 1. The van der Waals surface area contributed by atoms with Crippen molar-refractivity contribution in [2.45, 2.75) is 19.8 Å². The predicted molar refractivity (Wildman–Crippen MR) is 65.3 cm³/mol. The van der Waals surface area contributed by atoms with Crippen LogP contribution in [0.2, 0.25) is 0 Å². The smallest absolute Gasteiger partial charge is 0.251 e. The number of aromatic nitrogens is 1. The van der Waals surface area contributed by atoms with E-state index in [0.29, 0.717) is 5.13 Å². The van der Waals surface area contributed by atoms with Gasteiger partial charge in [-0.15, -0.1) is 11.3 Å². The zero-order valence-corrected chi connectivity index (χ0v) is 10.1. The molecule has 2 heterocycles. The summed E-state index contributed by atoms with van der Waals surface area (Å²) in [6.07, 6.45) is 5.77. The van der Waals surface area contributed by atoms with Crippen LogP contribution in [-0.2, 0) is 4.79 Å². The van der Waals surface area contributed by atoms with Crippen molar-refractivity contribution in [1.29, 1.82) is 0 Å². The Labute approximate surface area is 99.0 Å². The Morgan fingerprint density at radius 2 is 2.31 bits per heavy atom. The summed E-state index contributed by atoms with van der Waals surface area (Å²) in [6.45, 7) is 4.10. The average Bonchev–Trinajstić information content (AvgIpc) is 2.88. The highest BCUT2D eigenvalue weighted by atomic mass is 32.1. The van der Waals surface area contributed by atoms with E-state index < -0.39 is 0 Å². The molecule has 16 heavy (non-hydrogen) atoms. The van der Waals surface area contributed by atoms with Crippen LogP contribution in [0.3, 0.4) is 0 Å². The minimum atomic E-state index is -0.0978. The van der Waals surface area contributed by atoms with Crippen LogP contribution in [0.4, 0.5) is 5.13 Å². The van der Waals surface area contributed by atoms with Crippen LogP contribution in [-0.4, -0.2) is 28.9 Å². The third kappa shape index (κ3) is 2.82. The van der Waals surface area contributed by atoms with Crippen molar-refractivity contribution in [2.75, 3.05) is 18.4 Å². The average molecular weight is 237 g/mol. The molecule has 1 saturated heterocycles. The first-order chi connectivity index (χ1) is 7.75. The van der Waals surface area contributed by atoms with E-state index in [0.717, 1.165) is 18.8 Å². The molecular formula is C11H15N3OS. The van der Waals surface area contributed by atoms with Gasteiger partial charge in [-0.05, 0) is 19.8 Å². The standard InChI is InChI=1S/C11H15N3OS/c1-9(14-5-2-3-6-14)8-10(15)13-11-12-4-7-16-11/h4,7-8H,2-3,5-6H2,1H3,(H,12,13,15). The lowest BCUT2D eigenvalue weighted by molar-refractivity contribution is -0.112. The second kappa shape index (κ2) is 5.12. The highest BCUT2D eigenvalue weighted by molar-refractivity contribution is 7.13. The Morgan fingerprint density at radius 1 is 1.56 bits per heavy atom. The van der Waals surface area contributed by atoms with Crippen molar-refractivity contribution < 1.29 is 4.79 Å². The van der Waals surface area contributed by atoms with Gasteiger partial charge in [0.2, 0.25) is 0 Å². The highest BCUT2D eigenvalue weighted by Crippen LogP contribution is 2.15. The van der Waals surface area contributed by atoms with E-state index in [1.165, 1.54) is 24.2 Å². The van der Waals surface area contributed by atoms with E-state index in [1.54, 1.807) is 12.3 Å². The molecule has 0 atom stereocenters. The van der Waals surface area contributed by atoms with E-state index in [9.17, 15) is 4.79 Å². The van der Waals surface area contributed by atoms with Gasteiger partial charge in [-0.3, -0.25) is 10.1 Å². The summed E-state index contributed by atoms with van der Waals surface area (Å²) in [5.41, 5.74) is 1.03. The zero-order valence-electron chi connectivity index (χ0n) is 9.27. The molecule has 1 aromatic rings. The second-order valence-corrected chi connectivity index (χ2v) is 4.70. The van der Waals surface area contributed by atoms with Gasteiger partial charge in [0.25, 0.3) is 5.91 Å². The minimum absolute atomic E-state index is 0.0978. The number of thiazole rings is 1. The second-order valence-electron chi connectivity index (χ2n) is 3.81. The van der Waals surface area contributed by atoms with Crippen LogP contribution in [0, 0.1) is 0 Å². The van der Waals surface area contributed by atoms with Gasteiger partial charge < -0.3 is 4.90 Å².